The van der Waals surface area contributed by atoms with Crippen LogP contribution in [0.1, 0.15) is 31.1 Å². The molecule has 7 nitrogen and oxygen atoms in total. The first-order chi connectivity index (χ1) is 10.2. The molecule has 1 atom stereocenters. The highest BCUT2D eigenvalue weighted by Crippen LogP contribution is 2.14. The Hall–Kier alpha value is -1.93. The molecule has 22 heavy (non-hydrogen) atoms. The van der Waals surface area contributed by atoms with Crippen LogP contribution < -0.4 is 4.72 Å². The zero-order chi connectivity index (χ0) is 16.9. The van der Waals surface area contributed by atoms with Crippen molar-refractivity contribution in [1.29, 1.82) is 0 Å². The zero-order valence-corrected chi connectivity index (χ0v) is 13.4. The predicted octanol–water partition coefficient (Wildman–Crippen LogP) is 1.25. The molecule has 0 amide bonds. The lowest BCUT2D eigenvalue weighted by atomic mass is 10.1. The Bertz CT molecular complexity index is 653. The van der Waals surface area contributed by atoms with Crippen LogP contribution in [-0.4, -0.2) is 38.1 Å². The molecule has 2 N–H and O–H groups in total. The summed E-state index contributed by atoms with van der Waals surface area (Å²) in [4.78, 5) is 22.6. The van der Waals surface area contributed by atoms with Crippen molar-refractivity contribution in [2.75, 3.05) is 6.61 Å². The molecule has 1 aromatic rings. The molecule has 0 aliphatic heterocycles. The zero-order valence-electron chi connectivity index (χ0n) is 12.6. The number of rotatable bonds is 7. The Labute approximate surface area is 129 Å². The third kappa shape index (κ3) is 4.54. The van der Waals surface area contributed by atoms with Gasteiger partial charge in [0.25, 0.3) is 0 Å². The molecular formula is C14H19NO6S. The van der Waals surface area contributed by atoms with Crippen molar-refractivity contribution in [2.24, 2.45) is 5.92 Å². The van der Waals surface area contributed by atoms with E-state index in [0.29, 0.717) is 0 Å². The predicted molar refractivity (Wildman–Crippen MR) is 79.0 cm³/mol. The minimum atomic E-state index is -4.06. The van der Waals surface area contributed by atoms with Crippen LogP contribution in [-0.2, 0) is 19.6 Å². The lowest BCUT2D eigenvalue weighted by Gasteiger charge is -2.18. The van der Waals surface area contributed by atoms with Crippen LogP contribution in [0.25, 0.3) is 0 Å². The van der Waals surface area contributed by atoms with Gasteiger partial charge in [-0.1, -0.05) is 19.9 Å². The van der Waals surface area contributed by atoms with Crippen LogP contribution in [0.5, 0.6) is 0 Å². The fraction of sp³-hybridized carbons (Fsp3) is 0.429. The van der Waals surface area contributed by atoms with E-state index in [1.54, 1.807) is 20.8 Å². The van der Waals surface area contributed by atoms with Gasteiger partial charge in [0.2, 0.25) is 10.0 Å². The van der Waals surface area contributed by atoms with Crippen LogP contribution in [0.3, 0.4) is 0 Å². The number of hydrogen-bond acceptors (Lipinski definition) is 5. The van der Waals surface area contributed by atoms with Crippen molar-refractivity contribution >= 4 is 22.0 Å². The number of hydrogen-bond donors (Lipinski definition) is 2. The summed E-state index contributed by atoms with van der Waals surface area (Å²) in [5.74, 6) is -2.33. The first-order valence-corrected chi connectivity index (χ1v) is 8.19. The average Bonchev–Trinajstić information content (AvgIpc) is 2.44. The van der Waals surface area contributed by atoms with Gasteiger partial charge in [0.15, 0.2) is 0 Å². The van der Waals surface area contributed by atoms with Gasteiger partial charge in [-0.05, 0) is 31.0 Å². The molecule has 1 aromatic carbocycles. The van der Waals surface area contributed by atoms with E-state index < -0.39 is 33.9 Å². The molecule has 1 unspecified atom stereocenters. The molecule has 0 saturated heterocycles. The van der Waals surface area contributed by atoms with E-state index in [-0.39, 0.29) is 17.1 Å². The minimum Gasteiger partial charge on any atom is -0.480 e. The largest absolute Gasteiger partial charge is 0.480 e. The summed E-state index contributed by atoms with van der Waals surface area (Å²) in [5, 5.41) is 9.07. The van der Waals surface area contributed by atoms with Gasteiger partial charge >= 0.3 is 11.9 Å². The van der Waals surface area contributed by atoms with Crippen molar-refractivity contribution in [1.82, 2.24) is 4.72 Å². The molecule has 0 fully saturated rings. The Balaban J connectivity index is 3.10. The first-order valence-electron chi connectivity index (χ1n) is 6.71. The summed E-state index contributed by atoms with van der Waals surface area (Å²) < 4.78 is 31.4. The smallest absolute Gasteiger partial charge is 0.338 e. The standard InChI is InChI=1S/C14H19NO6S/c1-4-21-14(18)10-6-5-7-11(8-10)22(19,20)15-12(9(2)3)13(16)17/h5-9,12,15H,4H2,1-3H3,(H,16,17). The maximum absolute atomic E-state index is 12.3. The lowest BCUT2D eigenvalue weighted by Crippen LogP contribution is -2.44. The molecular weight excluding hydrogens is 310 g/mol. The number of carbonyl (C=O) groups is 2. The number of sulfonamides is 1. The van der Waals surface area contributed by atoms with E-state index in [1.807, 2.05) is 0 Å². The average molecular weight is 329 g/mol. The van der Waals surface area contributed by atoms with Gasteiger partial charge in [0.1, 0.15) is 6.04 Å². The van der Waals surface area contributed by atoms with Crippen LogP contribution >= 0.6 is 0 Å². The molecule has 0 bridgehead atoms. The Morgan fingerprint density at radius 3 is 2.45 bits per heavy atom. The molecule has 0 spiro atoms. The third-order valence-corrected chi connectivity index (χ3v) is 4.31. The fourth-order valence-corrected chi connectivity index (χ4v) is 3.09. The molecule has 0 saturated carbocycles. The highest BCUT2D eigenvalue weighted by Gasteiger charge is 2.28. The number of carboxylic acids is 1. The Morgan fingerprint density at radius 1 is 1.32 bits per heavy atom. The second kappa shape index (κ2) is 7.37. The van der Waals surface area contributed by atoms with Crippen molar-refractivity contribution in [3.8, 4) is 0 Å². The minimum absolute atomic E-state index is 0.0844. The molecule has 0 heterocycles. The number of benzene rings is 1. The molecule has 0 aromatic heterocycles. The fourth-order valence-electron chi connectivity index (χ4n) is 1.71. The van der Waals surface area contributed by atoms with Crippen molar-refractivity contribution in [3.63, 3.8) is 0 Å². The molecule has 0 aliphatic rings. The number of carboxylic acid groups (broad SMARTS) is 1. The monoisotopic (exact) mass is 329 g/mol. The number of nitrogens with one attached hydrogen (secondary N) is 1. The number of carbonyl (C=O) groups excluding carboxylic acids is 1. The number of aliphatic carboxylic acids is 1. The second-order valence-corrected chi connectivity index (χ2v) is 6.64. The molecule has 0 aliphatic carbocycles. The van der Waals surface area contributed by atoms with Crippen molar-refractivity contribution in [3.05, 3.63) is 29.8 Å². The normalized spacial score (nSPS) is 12.9. The first kappa shape index (κ1) is 18.1. The van der Waals surface area contributed by atoms with Gasteiger partial charge < -0.3 is 9.84 Å². The summed E-state index contributed by atoms with van der Waals surface area (Å²) >= 11 is 0. The highest BCUT2D eigenvalue weighted by atomic mass is 32.2. The van der Waals surface area contributed by atoms with Gasteiger partial charge in [-0.15, -0.1) is 0 Å². The topological polar surface area (TPSA) is 110 Å². The summed E-state index contributed by atoms with van der Waals surface area (Å²) in [6, 6.07) is 4.00. The summed E-state index contributed by atoms with van der Waals surface area (Å²) in [6.07, 6.45) is 0. The summed E-state index contributed by atoms with van der Waals surface area (Å²) in [7, 11) is -4.06. The highest BCUT2D eigenvalue weighted by molar-refractivity contribution is 7.89. The number of esters is 1. The maximum atomic E-state index is 12.3. The molecule has 1 rings (SSSR count). The molecule has 122 valence electrons. The van der Waals surface area contributed by atoms with E-state index in [2.05, 4.69) is 4.72 Å². The van der Waals surface area contributed by atoms with Crippen LogP contribution in [0.4, 0.5) is 0 Å². The van der Waals surface area contributed by atoms with Crippen LogP contribution in [0.15, 0.2) is 29.2 Å². The van der Waals surface area contributed by atoms with E-state index in [4.69, 9.17) is 9.84 Å². The van der Waals surface area contributed by atoms with E-state index in [0.717, 1.165) is 6.07 Å². The maximum Gasteiger partial charge on any atom is 0.338 e. The van der Waals surface area contributed by atoms with E-state index in [9.17, 15) is 18.0 Å². The Kier molecular flexibility index (Phi) is 6.07. The molecule has 8 heteroatoms. The van der Waals surface area contributed by atoms with Crippen molar-refractivity contribution < 1.29 is 27.9 Å². The van der Waals surface area contributed by atoms with Crippen molar-refractivity contribution in [2.45, 2.75) is 31.7 Å². The van der Waals surface area contributed by atoms with Gasteiger partial charge in [-0.25, -0.2) is 13.2 Å². The Morgan fingerprint density at radius 2 is 1.95 bits per heavy atom. The van der Waals surface area contributed by atoms with Crippen LogP contribution in [0, 0.1) is 5.92 Å². The number of ether oxygens (including phenoxy) is 1. The van der Waals surface area contributed by atoms with Gasteiger partial charge in [0, 0.05) is 0 Å². The van der Waals surface area contributed by atoms with Crippen LogP contribution in [0.2, 0.25) is 0 Å². The third-order valence-electron chi connectivity index (χ3n) is 2.87. The SMILES string of the molecule is CCOC(=O)c1cccc(S(=O)(=O)NC(C(=O)O)C(C)C)c1. The lowest BCUT2D eigenvalue weighted by molar-refractivity contribution is -0.140. The van der Waals surface area contributed by atoms with Gasteiger partial charge in [-0.2, -0.15) is 4.72 Å². The van der Waals surface area contributed by atoms with E-state index in [1.165, 1.54) is 18.2 Å². The summed E-state index contributed by atoms with van der Waals surface area (Å²) in [6.45, 7) is 5.00. The van der Waals surface area contributed by atoms with Gasteiger partial charge in [-0.3, -0.25) is 4.79 Å². The van der Waals surface area contributed by atoms with Gasteiger partial charge in [0.05, 0.1) is 17.1 Å². The molecule has 0 radical (unpaired) electrons. The van der Waals surface area contributed by atoms with E-state index >= 15 is 0 Å². The second-order valence-electron chi connectivity index (χ2n) is 4.93. The quantitative estimate of drug-likeness (QED) is 0.729. The summed E-state index contributed by atoms with van der Waals surface area (Å²) in [5.41, 5.74) is 0.0844.